The van der Waals surface area contributed by atoms with E-state index in [-0.39, 0.29) is 22.5 Å². The Balaban J connectivity index is 2.18. The van der Waals surface area contributed by atoms with Crippen molar-refractivity contribution in [1.29, 1.82) is 0 Å². The van der Waals surface area contributed by atoms with Crippen molar-refractivity contribution in [3.8, 4) is 0 Å². The first-order valence-corrected chi connectivity index (χ1v) is 6.10. The molecule has 102 valence electrons. The SMILES string of the molecule is COC(=O)C1CCN(c2ccc(C)c([N+](=O)[O-])c2)C1. The van der Waals surface area contributed by atoms with E-state index in [1.54, 1.807) is 19.1 Å². The summed E-state index contributed by atoms with van der Waals surface area (Å²) in [5, 5.41) is 10.9. The lowest BCUT2D eigenvalue weighted by atomic mass is 10.1. The Labute approximate surface area is 111 Å². The molecule has 1 aliphatic heterocycles. The standard InChI is InChI=1S/C13H16N2O4/c1-9-3-4-11(7-12(9)15(17)18)14-6-5-10(8-14)13(16)19-2/h3-4,7,10H,5-6,8H2,1-2H3. The lowest BCUT2D eigenvalue weighted by Crippen LogP contribution is -2.23. The topological polar surface area (TPSA) is 72.7 Å². The summed E-state index contributed by atoms with van der Waals surface area (Å²) < 4.78 is 4.73. The van der Waals surface area contributed by atoms with Crippen molar-refractivity contribution in [3.63, 3.8) is 0 Å². The van der Waals surface area contributed by atoms with Crippen LogP contribution >= 0.6 is 0 Å². The van der Waals surface area contributed by atoms with Gasteiger partial charge in [-0.15, -0.1) is 0 Å². The van der Waals surface area contributed by atoms with Crippen LogP contribution in [0.25, 0.3) is 0 Å². The van der Waals surface area contributed by atoms with E-state index < -0.39 is 0 Å². The number of ether oxygens (including phenoxy) is 1. The van der Waals surface area contributed by atoms with Crippen molar-refractivity contribution in [1.82, 2.24) is 0 Å². The van der Waals surface area contributed by atoms with E-state index in [2.05, 4.69) is 0 Å². The number of aryl methyl sites for hydroxylation is 1. The number of esters is 1. The Bertz CT molecular complexity index is 515. The molecule has 0 aromatic heterocycles. The molecule has 1 unspecified atom stereocenters. The summed E-state index contributed by atoms with van der Waals surface area (Å²) in [4.78, 5) is 24.0. The van der Waals surface area contributed by atoms with Gasteiger partial charge in [-0.3, -0.25) is 14.9 Å². The molecule has 0 aliphatic carbocycles. The maximum atomic E-state index is 11.5. The molecular weight excluding hydrogens is 248 g/mol. The van der Waals surface area contributed by atoms with Gasteiger partial charge in [0, 0.05) is 30.4 Å². The van der Waals surface area contributed by atoms with E-state index in [1.807, 2.05) is 11.0 Å². The number of hydrogen-bond acceptors (Lipinski definition) is 5. The van der Waals surface area contributed by atoms with E-state index in [1.165, 1.54) is 7.11 Å². The van der Waals surface area contributed by atoms with Crippen LogP contribution in [0.1, 0.15) is 12.0 Å². The molecule has 6 nitrogen and oxygen atoms in total. The minimum absolute atomic E-state index is 0.110. The lowest BCUT2D eigenvalue weighted by Gasteiger charge is -2.18. The minimum Gasteiger partial charge on any atom is -0.469 e. The van der Waals surface area contributed by atoms with Gasteiger partial charge in [0.1, 0.15) is 0 Å². The van der Waals surface area contributed by atoms with E-state index in [0.29, 0.717) is 25.1 Å². The third-order valence-electron chi connectivity index (χ3n) is 3.48. The summed E-state index contributed by atoms with van der Waals surface area (Å²) >= 11 is 0. The van der Waals surface area contributed by atoms with Gasteiger partial charge >= 0.3 is 5.97 Å². The zero-order valence-electron chi connectivity index (χ0n) is 11.0. The van der Waals surface area contributed by atoms with Crippen LogP contribution in [0, 0.1) is 23.0 Å². The second-order valence-electron chi connectivity index (χ2n) is 4.68. The summed E-state index contributed by atoms with van der Waals surface area (Å²) in [7, 11) is 1.38. The highest BCUT2D eigenvalue weighted by Gasteiger charge is 2.29. The highest BCUT2D eigenvalue weighted by Crippen LogP contribution is 2.29. The van der Waals surface area contributed by atoms with Gasteiger partial charge in [0.25, 0.3) is 5.69 Å². The van der Waals surface area contributed by atoms with Gasteiger partial charge in [0.2, 0.25) is 0 Å². The maximum Gasteiger partial charge on any atom is 0.310 e. The number of carbonyl (C=O) groups excluding carboxylic acids is 1. The molecule has 1 saturated heterocycles. The van der Waals surface area contributed by atoms with E-state index >= 15 is 0 Å². The van der Waals surface area contributed by atoms with Crippen LogP contribution in [0.3, 0.4) is 0 Å². The number of nitro benzene ring substituents is 1. The van der Waals surface area contributed by atoms with Crippen LogP contribution < -0.4 is 4.90 Å². The summed E-state index contributed by atoms with van der Waals surface area (Å²) in [5.74, 6) is -0.366. The van der Waals surface area contributed by atoms with Gasteiger partial charge in [-0.2, -0.15) is 0 Å². The second-order valence-corrected chi connectivity index (χ2v) is 4.68. The van der Waals surface area contributed by atoms with E-state index in [9.17, 15) is 14.9 Å². The average molecular weight is 264 g/mol. The van der Waals surface area contributed by atoms with Crippen molar-refractivity contribution in [2.45, 2.75) is 13.3 Å². The molecule has 0 amide bonds. The van der Waals surface area contributed by atoms with E-state index in [4.69, 9.17) is 4.74 Å². The number of hydrogen-bond donors (Lipinski definition) is 0. The van der Waals surface area contributed by atoms with Gasteiger partial charge in [-0.25, -0.2) is 0 Å². The van der Waals surface area contributed by atoms with E-state index in [0.717, 1.165) is 5.69 Å². The molecule has 0 bridgehead atoms. The van der Waals surface area contributed by atoms with Gasteiger partial charge in [-0.05, 0) is 19.4 Å². The zero-order chi connectivity index (χ0) is 14.0. The summed E-state index contributed by atoms with van der Waals surface area (Å²) in [6, 6.07) is 5.15. The smallest absolute Gasteiger partial charge is 0.310 e. The number of carbonyl (C=O) groups is 1. The largest absolute Gasteiger partial charge is 0.469 e. The number of methoxy groups -OCH3 is 1. The number of anilines is 1. The van der Waals surface area contributed by atoms with Crippen molar-refractivity contribution in [2.24, 2.45) is 5.92 Å². The first-order chi connectivity index (χ1) is 9.02. The Morgan fingerprint density at radius 1 is 1.53 bits per heavy atom. The third-order valence-corrected chi connectivity index (χ3v) is 3.48. The quantitative estimate of drug-likeness (QED) is 0.473. The normalized spacial score (nSPS) is 18.4. The Morgan fingerprint density at radius 2 is 2.26 bits per heavy atom. The van der Waals surface area contributed by atoms with Gasteiger partial charge in [0.05, 0.1) is 18.0 Å². The van der Waals surface area contributed by atoms with Crippen LogP contribution in [0.5, 0.6) is 0 Å². The monoisotopic (exact) mass is 264 g/mol. The molecule has 1 heterocycles. The number of nitro groups is 1. The number of rotatable bonds is 3. The molecule has 6 heteroatoms. The van der Waals surface area contributed by atoms with Crippen LogP contribution in [0.4, 0.5) is 11.4 Å². The highest BCUT2D eigenvalue weighted by atomic mass is 16.6. The third kappa shape index (κ3) is 2.67. The van der Waals surface area contributed by atoms with Gasteiger partial charge in [0.15, 0.2) is 0 Å². The average Bonchev–Trinajstić information content (AvgIpc) is 2.87. The minimum atomic E-state index is -0.382. The van der Waals surface area contributed by atoms with Crippen LogP contribution in [-0.2, 0) is 9.53 Å². The molecule has 2 rings (SSSR count). The Kier molecular flexibility index (Phi) is 3.69. The second kappa shape index (κ2) is 5.26. The Morgan fingerprint density at radius 3 is 2.89 bits per heavy atom. The molecule has 0 saturated carbocycles. The van der Waals surface area contributed by atoms with Gasteiger partial charge < -0.3 is 9.64 Å². The highest BCUT2D eigenvalue weighted by molar-refractivity contribution is 5.74. The molecule has 0 spiro atoms. The van der Waals surface area contributed by atoms with Crippen LogP contribution in [0.2, 0.25) is 0 Å². The summed E-state index contributed by atoms with van der Waals surface area (Å²) in [6.45, 7) is 2.97. The molecule has 1 aromatic carbocycles. The van der Waals surface area contributed by atoms with Crippen LogP contribution in [0.15, 0.2) is 18.2 Å². The lowest BCUT2D eigenvalue weighted by molar-refractivity contribution is -0.385. The van der Waals surface area contributed by atoms with Crippen molar-refractivity contribution in [2.75, 3.05) is 25.1 Å². The first-order valence-electron chi connectivity index (χ1n) is 6.10. The molecule has 1 aromatic rings. The summed E-state index contributed by atoms with van der Waals surface area (Å²) in [5.41, 5.74) is 1.53. The molecular formula is C13H16N2O4. The molecule has 1 fully saturated rings. The maximum absolute atomic E-state index is 11.5. The fraction of sp³-hybridized carbons (Fsp3) is 0.462. The van der Waals surface area contributed by atoms with Crippen molar-refractivity contribution in [3.05, 3.63) is 33.9 Å². The van der Waals surface area contributed by atoms with Crippen molar-refractivity contribution >= 4 is 17.3 Å². The number of nitrogens with zero attached hydrogens (tertiary/aromatic N) is 2. The predicted molar refractivity (Wildman–Crippen MR) is 70.2 cm³/mol. The van der Waals surface area contributed by atoms with Crippen molar-refractivity contribution < 1.29 is 14.5 Å². The molecule has 0 radical (unpaired) electrons. The van der Waals surface area contributed by atoms with Crippen LogP contribution in [-0.4, -0.2) is 31.1 Å². The molecule has 1 atom stereocenters. The zero-order valence-corrected chi connectivity index (χ0v) is 11.0. The Hall–Kier alpha value is -2.11. The summed E-state index contributed by atoms with van der Waals surface area (Å²) in [6.07, 6.45) is 0.717. The predicted octanol–water partition coefficient (Wildman–Crippen LogP) is 1.90. The fourth-order valence-electron chi connectivity index (χ4n) is 2.35. The molecule has 0 N–H and O–H groups in total. The molecule has 19 heavy (non-hydrogen) atoms. The fourth-order valence-corrected chi connectivity index (χ4v) is 2.35. The number of benzene rings is 1. The first kappa shape index (κ1) is 13.3. The molecule has 1 aliphatic rings. The van der Waals surface area contributed by atoms with Gasteiger partial charge in [-0.1, -0.05) is 6.07 Å².